The van der Waals surface area contributed by atoms with E-state index in [9.17, 15) is 4.79 Å². The summed E-state index contributed by atoms with van der Waals surface area (Å²) in [6.45, 7) is 4.04. The predicted octanol–water partition coefficient (Wildman–Crippen LogP) is 3.85. The first-order chi connectivity index (χ1) is 9.56. The van der Waals surface area contributed by atoms with Crippen LogP contribution in [0, 0.1) is 6.92 Å². The molecule has 106 valence electrons. The third-order valence-electron chi connectivity index (χ3n) is 2.46. The zero-order valence-corrected chi connectivity index (χ0v) is 13.3. The van der Waals surface area contributed by atoms with Crippen molar-refractivity contribution in [3.05, 3.63) is 47.8 Å². The van der Waals surface area contributed by atoms with Crippen LogP contribution in [0.1, 0.15) is 29.3 Å². The van der Waals surface area contributed by atoms with Crippen LogP contribution in [0.2, 0.25) is 0 Å². The highest BCUT2D eigenvalue weighted by atomic mass is 32.2. The van der Waals surface area contributed by atoms with Gasteiger partial charge in [-0.25, -0.2) is 0 Å². The van der Waals surface area contributed by atoms with Crippen molar-refractivity contribution < 1.29 is 4.79 Å². The van der Waals surface area contributed by atoms with E-state index in [0.717, 1.165) is 29.7 Å². The van der Waals surface area contributed by atoms with Gasteiger partial charge in [-0.3, -0.25) is 14.8 Å². The molecule has 0 amide bonds. The first-order valence-corrected chi connectivity index (χ1v) is 7.30. The standard InChI is InChI=1S/C12H10N2O.C3H8S2/c1-9-2-4-13-11(6-9)12-7-10(8-15)3-5-14-12;1-2-3(4)5/h2-8H,1H3;3-5H,2H2,1H3. The topological polar surface area (TPSA) is 42.9 Å². The highest BCUT2D eigenvalue weighted by molar-refractivity contribution is 7.99. The molecule has 0 aliphatic rings. The SMILES string of the molecule is CCC(S)S.Cc1ccnc(-c2cc(C=O)ccn2)c1. The molecule has 0 bridgehead atoms. The Kier molecular flexibility index (Phi) is 7.33. The smallest absolute Gasteiger partial charge is 0.150 e. The van der Waals surface area contributed by atoms with Crippen LogP contribution in [-0.2, 0) is 0 Å². The van der Waals surface area contributed by atoms with Gasteiger partial charge in [-0.05, 0) is 43.2 Å². The molecule has 0 spiro atoms. The Bertz CT molecular complexity index is 559. The van der Waals surface area contributed by atoms with E-state index in [-0.39, 0.29) is 4.58 Å². The van der Waals surface area contributed by atoms with Crippen molar-refractivity contribution in [1.82, 2.24) is 9.97 Å². The van der Waals surface area contributed by atoms with E-state index in [1.807, 2.05) is 26.0 Å². The summed E-state index contributed by atoms with van der Waals surface area (Å²) in [4.78, 5) is 19.0. The van der Waals surface area contributed by atoms with Gasteiger partial charge in [0.15, 0.2) is 0 Å². The van der Waals surface area contributed by atoms with Crippen LogP contribution in [0.15, 0.2) is 36.7 Å². The number of carbonyl (C=O) groups is 1. The van der Waals surface area contributed by atoms with Gasteiger partial charge in [-0.2, -0.15) is 25.3 Å². The monoisotopic (exact) mass is 306 g/mol. The molecule has 5 heteroatoms. The van der Waals surface area contributed by atoms with Crippen molar-refractivity contribution in [2.75, 3.05) is 0 Å². The normalized spacial score (nSPS) is 9.85. The van der Waals surface area contributed by atoms with E-state index < -0.39 is 0 Å². The molecule has 0 N–H and O–H groups in total. The third kappa shape index (κ3) is 5.75. The Morgan fingerprint density at radius 1 is 1.15 bits per heavy atom. The van der Waals surface area contributed by atoms with E-state index in [4.69, 9.17) is 0 Å². The number of carbonyl (C=O) groups excluding carboxylic acids is 1. The molecule has 2 aromatic rings. The molecule has 20 heavy (non-hydrogen) atoms. The second-order valence-corrected chi connectivity index (χ2v) is 5.85. The highest BCUT2D eigenvalue weighted by Gasteiger charge is 2.01. The highest BCUT2D eigenvalue weighted by Crippen LogP contribution is 2.15. The van der Waals surface area contributed by atoms with Gasteiger partial charge in [-0.1, -0.05) is 6.92 Å². The maximum absolute atomic E-state index is 10.6. The zero-order valence-electron chi connectivity index (χ0n) is 11.5. The lowest BCUT2D eigenvalue weighted by Crippen LogP contribution is -1.89. The molecule has 0 aromatic carbocycles. The number of nitrogens with zero attached hydrogens (tertiary/aromatic N) is 2. The Morgan fingerprint density at radius 2 is 1.70 bits per heavy atom. The zero-order chi connectivity index (χ0) is 15.0. The first kappa shape index (κ1) is 16.7. The van der Waals surface area contributed by atoms with Crippen LogP contribution in [0.3, 0.4) is 0 Å². The van der Waals surface area contributed by atoms with Gasteiger partial charge in [0, 0.05) is 22.5 Å². The summed E-state index contributed by atoms with van der Waals surface area (Å²) in [6, 6.07) is 7.27. The molecule has 2 rings (SSSR count). The van der Waals surface area contributed by atoms with Crippen molar-refractivity contribution in [3.63, 3.8) is 0 Å². The number of aldehydes is 1. The van der Waals surface area contributed by atoms with E-state index in [2.05, 4.69) is 35.2 Å². The lowest BCUT2D eigenvalue weighted by atomic mass is 10.1. The molecule has 0 unspecified atom stereocenters. The Labute approximate surface area is 130 Å². The van der Waals surface area contributed by atoms with E-state index in [1.165, 1.54) is 0 Å². The summed E-state index contributed by atoms with van der Waals surface area (Å²) in [5.74, 6) is 0. The molecule has 0 aliphatic carbocycles. The second-order valence-electron chi connectivity index (χ2n) is 4.20. The molecule has 0 saturated heterocycles. The van der Waals surface area contributed by atoms with E-state index in [1.54, 1.807) is 24.5 Å². The van der Waals surface area contributed by atoms with Gasteiger partial charge >= 0.3 is 0 Å². The predicted molar refractivity (Wildman–Crippen MR) is 89.6 cm³/mol. The fourth-order valence-corrected chi connectivity index (χ4v) is 1.34. The Hall–Kier alpha value is -1.33. The molecule has 2 heterocycles. The average Bonchev–Trinajstić information content (AvgIpc) is 2.48. The number of hydrogen-bond donors (Lipinski definition) is 2. The molecule has 0 fully saturated rings. The lowest BCUT2D eigenvalue weighted by molar-refractivity contribution is 0.112. The second kappa shape index (κ2) is 8.76. The van der Waals surface area contributed by atoms with Crippen LogP contribution in [0.25, 0.3) is 11.4 Å². The molecule has 3 nitrogen and oxygen atoms in total. The first-order valence-electron chi connectivity index (χ1n) is 6.27. The Morgan fingerprint density at radius 3 is 2.20 bits per heavy atom. The number of rotatable bonds is 3. The van der Waals surface area contributed by atoms with Gasteiger partial charge in [0.25, 0.3) is 0 Å². The van der Waals surface area contributed by atoms with Gasteiger partial charge in [0.05, 0.1) is 11.4 Å². The van der Waals surface area contributed by atoms with Crippen molar-refractivity contribution >= 4 is 31.5 Å². The summed E-state index contributed by atoms with van der Waals surface area (Å²) in [5, 5.41) is 0. The molecule has 0 aliphatic heterocycles. The Balaban J connectivity index is 0.000000347. The number of aryl methyl sites for hydroxylation is 1. The maximum atomic E-state index is 10.6. The van der Waals surface area contributed by atoms with Crippen LogP contribution in [0.5, 0.6) is 0 Å². The summed E-state index contributed by atoms with van der Waals surface area (Å²) in [5.41, 5.74) is 3.25. The van der Waals surface area contributed by atoms with Gasteiger partial charge in [0.2, 0.25) is 0 Å². The van der Waals surface area contributed by atoms with E-state index >= 15 is 0 Å². The van der Waals surface area contributed by atoms with Crippen molar-refractivity contribution in [1.29, 1.82) is 0 Å². The fraction of sp³-hybridized carbons (Fsp3) is 0.267. The van der Waals surface area contributed by atoms with Gasteiger partial charge in [0.1, 0.15) is 6.29 Å². The van der Waals surface area contributed by atoms with Crippen LogP contribution < -0.4 is 0 Å². The number of pyridine rings is 2. The minimum atomic E-state index is 0.273. The number of hydrogen-bond acceptors (Lipinski definition) is 5. The van der Waals surface area contributed by atoms with Gasteiger partial charge < -0.3 is 0 Å². The quantitative estimate of drug-likeness (QED) is 0.514. The average molecular weight is 306 g/mol. The van der Waals surface area contributed by atoms with Crippen LogP contribution in [0.4, 0.5) is 0 Å². The third-order valence-corrected chi connectivity index (χ3v) is 3.19. The molecule has 2 aromatic heterocycles. The minimum Gasteiger partial charge on any atom is -0.298 e. The van der Waals surface area contributed by atoms with Crippen molar-refractivity contribution in [2.45, 2.75) is 24.9 Å². The molecule has 0 atom stereocenters. The summed E-state index contributed by atoms with van der Waals surface area (Å²) in [6.07, 6.45) is 5.19. The fourth-order valence-electron chi connectivity index (χ4n) is 1.34. The summed E-state index contributed by atoms with van der Waals surface area (Å²) in [7, 11) is 0. The molecular formula is C15H18N2OS2. The van der Waals surface area contributed by atoms with Crippen LogP contribution in [-0.4, -0.2) is 20.8 Å². The maximum Gasteiger partial charge on any atom is 0.150 e. The number of aromatic nitrogens is 2. The minimum absolute atomic E-state index is 0.273. The molecule has 0 radical (unpaired) electrons. The van der Waals surface area contributed by atoms with Crippen LogP contribution >= 0.6 is 25.3 Å². The van der Waals surface area contributed by atoms with Crippen molar-refractivity contribution in [2.24, 2.45) is 0 Å². The summed E-state index contributed by atoms with van der Waals surface area (Å²) < 4.78 is 0.273. The summed E-state index contributed by atoms with van der Waals surface area (Å²) >= 11 is 7.92. The molecule has 0 saturated carbocycles. The largest absolute Gasteiger partial charge is 0.298 e. The van der Waals surface area contributed by atoms with E-state index in [0.29, 0.717) is 5.56 Å². The van der Waals surface area contributed by atoms with Gasteiger partial charge in [-0.15, -0.1) is 0 Å². The lowest BCUT2D eigenvalue weighted by Gasteiger charge is -2.01. The van der Waals surface area contributed by atoms with Crippen molar-refractivity contribution in [3.8, 4) is 11.4 Å². The number of thiol groups is 2. The molecular weight excluding hydrogens is 288 g/mol.